The molecule has 4 rings (SSSR count). The first-order valence-corrected chi connectivity index (χ1v) is 19.1. The largest absolute Gasteiger partial charge is 0.490 e. The molecule has 4 amide bonds. The smallest absolute Gasteiger partial charge is 0.432 e. The molecular formula is C31H39N5O12P2. The number of hydroxylamine groups is 2. The molecule has 2 aromatic rings. The zero-order valence-electron chi connectivity index (χ0n) is 27.3. The van der Waals surface area contributed by atoms with Gasteiger partial charge < -0.3 is 33.5 Å². The van der Waals surface area contributed by atoms with Gasteiger partial charge in [0.15, 0.2) is 6.40 Å². The summed E-state index contributed by atoms with van der Waals surface area (Å²) in [6.45, 7) is 1.77. The van der Waals surface area contributed by atoms with Crippen molar-refractivity contribution in [3.63, 3.8) is 0 Å². The van der Waals surface area contributed by atoms with Crippen molar-refractivity contribution in [1.82, 2.24) is 15.3 Å². The molecule has 0 spiro atoms. The molecule has 19 heteroatoms. The number of hydrogen-bond acceptors (Lipinski definition) is 14. The highest BCUT2D eigenvalue weighted by Gasteiger charge is 2.38. The summed E-state index contributed by atoms with van der Waals surface area (Å²) in [7, 11) is 0.407. The van der Waals surface area contributed by atoms with Crippen molar-refractivity contribution in [2.24, 2.45) is 4.74 Å². The van der Waals surface area contributed by atoms with Crippen LogP contribution in [0.4, 0.5) is 4.79 Å². The lowest BCUT2D eigenvalue weighted by Crippen LogP contribution is -2.45. The summed E-state index contributed by atoms with van der Waals surface area (Å²) in [4.78, 5) is 91.7. The van der Waals surface area contributed by atoms with Crippen LogP contribution in [0.15, 0.2) is 38.2 Å². The summed E-state index contributed by atoms with van der Waals surface area (Å²) >= 11 is 0. The summed E-state index contributed by atoms with van der Waals surface area (Å²) < 4.78 is 26.0. The number of unbranched alkanes of at least 4 members (excludes halogenated alkanes) is 1. The Hall–Kier alpha value is -4.62. The number of rotatable bonds is 17. The fourth-order valence-electron chi connectivity index (χ4n) is 5.49. The van der Waals surface area contributed by atoms with E-state index in [1.165, 1.54) is 24.0 Å². The molecule has 0 bridgehead atoms. The fraction of sp³-hybridized carbons (Fsp3) is 0.484. The Labute approximate surface area is 289 Å². The molecule has 0 radical (unpaired) electrons. The first-order chi connectivity index (χ1) is 24.0. The summed E-state index contributed by atoms with van der Waals surface area (Å²) in [6.07, 6.45) is 1.93. The Balaban J connectivity index is 1.27. The van der Waals surface area contributed by atoms with Crippen LogP contribution in [-0.4, -0.2) is 90.3 Å². The van der Waals surface area contributed by atoms with Crippen LogP contribution < -0.4 is 15.7 Å². The predicted molar refractivity (Wildman–Crippen MR) is 182 cm³/mol. The lowest BCUT2D eigenvalue weighted by molar-refractivity contribution is -0.171. The number of nitrogens with zero attached hydrogens (tertiary/aromatic N) is 3. The molecule has 0 aliphatic carbocycles. The zero-order valence-corrected chi connectivity index (χ0v) is 29.5. The molecule has 2 saturated heterocycles. The number of Topliss-reactive ketones (excluding diaryl/α,β-unsaturated/α-hetero) is 1. The topological polar surface area (TPSA) is 224 Å². The SMILES string of the molecule is CC(=O)Cc1cc(=O)oc2cc(OCCOC(=O)[C@@H]3CCCN3C(=O)[C@H](CCCCNC(=O)ON3C(=O)CCC3=O)/N=[PH](\P)OC=N)ccc12. The van der Waals surface area contributed by atoms with Crippen molar-refractivity contribution >= 4 is 69.5 Å². The van der Waals surface area contributed by atoms with E-state index in [2.05, 4.69) is 19.0 Å². The van der Waals surface area contributed by atoms with Crippen LogP contribution in [0.25, 0.3) is 11.0 Å². The van der Waals surface area contributed by atoms with E-state index < -0.39 is 49.2 Å². The van der Waals surface area contributed by atoms with Crippen molar-refractivity contribution in [3.05, 3.63) is 40.2 Å². The minimum Gasteiger partial charge on any atom is -0.490 e. The molecule has 4 atom stereocenters. The van der Waals surface area contributed by atoms with E-state index in [1.54, 1.807) is 12.1 Å². The van der Waals surface area contributed by atoms with Gasteiger partial charge in [-0.25, -0.2) is 14.4 Å². The average Bonchev–Trinajstić information content (AvgIpc) is 3.68. The normalized spacial score (nSPS) is 17.0. The maximum atomic E-state index is 13.6. The molecule has 2 N–H and O–H groups in total. The number of amides is 4. The van der Waals surface area contributed by atoms with E-state index in [0.717, 1.165) is 6.40 Å². The lowest BCUT2D eigenvalue weighted by atomic mass is 10.1. The highest BCUT2D eigenvalue weighted by molar-refractivity contribution is 8.05. The van der Waals surface area contributed by atoms with Gasteiger partial charge in [-0.1, -0.05) is 8.93 Å². The second-order valence-electron chi connectivity index (χ2n) is 11.4. The minimum absolute atomic E-state index is 0.0146. The Kier molecular flexibility index (Phi) is 14.0. The number of likely N-dealkylation sites (tertiary alicyclic amines) is 1. The molecule has 1 aromatic heterocycles. The minimum atomic E-state index is -1.98. The second kappa shape index (κ2) is 18.4. The average molecular weight is 736 g/mol. The molecule has 0 saturated carbocycles. The number of fused-ring (bicyclic) bond motifs is 1. The first kappa shape index (κ1) is 38.2. The third-order valence-corrected chi connectivity index (χ3v) is 9.53. The van der Waals surface area contributed by atoms with Crippen molar-refractivity contribution < 1.29 is 52.0 Å². The molecule has 17 nitrogen and oxygen atoms in total. The second-order valence-corrected chi connectivity index (χ2v) is 14.1. The highest BCUT2D eigenvalue weighted by Crippen LogP contribution is 2.37. The third kappa shape index (κ3) is 10.7. The molecule has 1 aromatic carbocycles. The van der Waals surface area contributed by atoms with Gasteiger partial charge in [-0.2, -0.15) is 0 Å². The molecule has 270 valence electrons. The van der Waals surface area contributed by atoms with Gasteiger partial charge in [0, 0.05) is 49.9 Å². The lowest BCUT2D eigenvalue weighted by Gasteiger charge is -2.26. The Morgan fingerprint density at radius 2 is 1.90 bits per heavy atom. The van der Waals surface area contributed by atoms with Crippen LogP contribution in [0.2, 0.25) is 0 Å². The van der Waals surface area contributed by atoms with E-state index in [4.69, 9.17) is 28.7 Å². The number of carbonyl (C=O) groups is 6. The van der Waals surface area contributed by atoms with Crippen molar-refractivity contribution in [2.75, 3.05) is 26.3 Å². The number of carbonyl (C=O) groups excluding carboxylic acids is 6. The summed E-state index contributed by atoms with van der Waals surface area (Å²) in [6, 6.07) is 4.43. The maximum absolute atomic E-state index is 13.6. The van der Waals surface area contributed by atoms with Gasteiger partial charge in [0.05, 0.1) is 0 Å². The number of ether oxygens (including phenoxy) is 2. The van der Waals surface area contributed by atoms with Crippen LogP contribution in [0.3, 0.4) is 0 Å². The monoisotopic (exact) mass is 735 g/mol. The van der Waals surface area contributed by atoms with Gasteiger partial charge in [-0.3, -0.25) is 29.3 Å². The van der Waals surface area contributed by atoms with Gasteiger partial charge in [-0.15, -0.1) is 5.06 Å². The first-order valence-electron chi connectivity index (χ1n) is 15.9. The molecule has 2 aliphatic rings. The van der Waals surface area contributed by atoms with Crippen molar-refractivity contribution in [1.29, 1.82) is 5.41 Å². The van der Waals surface area contributed by atoms with Gasteiger partial charge in [0.25, 0.3) is 11.8 Å². The maximum Gasteiger partial charge on any atom is 0.432 e. The number of imide groups is 1. The Bertz CT molecular complexity index is 1720. The summed E-state index contributed by atoms with van der Waals surface area (Å²) in [5.41, 5.74) is 0.225. The number of hydrogen-bond donors (Lipinski definition) is 2. The molecule has 3 heterocycles. The fourth-order valence-corrected chi connectivity index (χ4v) is 6.97. The van der Waals surface area contributed by atoms with Crippen molar-refractivity contribution in [3.8, 4) is 5.75 Å². The van der Waals surface area contributed by atoms with Crippen LogP contribution in [0.1, 0.15) is 57.4 Å². The highest BCUT2D eigenvalue weighted by atomic mass is 32.0. The number of benzene rings is 1. The van der Waals surface area contributed by atoms with Gasteiger partial charge in [0.2, 0.25) is 5.91 Å². The van der Waals surface area contributed by atoms with E-state index in [9.17, 15) is 33.6 Å². The van der Waals surface area contributed by atoms with E-state index in [-0.39, 0.29) is 62.7 Å². The summed E-state index contributed by atoms with van der Waals surface area (Å²) in [5.74, 6) is -1.89. The van der Waals surface area contributed by atoms with Crippen LogP contribution >= 0.6 is 16.6 Å². The quantitative estimate of drug-likeness (QED) is 0.0455. The zero-order chi connectivity index (χ0) is 36.2. The summed E-state index contributed by atoms with van der Waals surface area (Å²) in [5, 5.41) is 10.7. The van der Waals surface area contributed by atoms with Crippen molar-refractivity contribution in [2.45, 2.75) is 70.4 Å². The van der Waals surface area contributed by atoms with E-state index >= 15 is 0 Å². The van der Waals surface area contributed by atoms with Crippen LogP contribution in [-0.2, 0) is 44.5 Å². The van der Waals surface area contributed by atoms with Crippen LogP contribution in [0.5, 0.6) is 5.75 Å². The Morgan fingerprint density at radius 1 is 1.14 bits per heavy atom. The van der Waals surface area contributed by atoms with E-state index in [0.29, 0.717) is 54.0 Å². The predicted octanol–water partition coefficient (Wildman–Crippen LogP) is 2.89. The molecule has 2 aliphatic heterocycles. The van der Waals surface area contributed by atoms with Gasteiger partial charge in [-0.05, 0) is 56.7 Å². The number of ketones is 1. The van der Waals surface area contributed by atoms with Gasteiger partial charge >= 0.3 is 17.7 Å². The molecule has 2 fully saturated rings. The Morgan fingerprint density at radius 3 is 2.62 bits per heavy atom. The van der Waals surface area contributed by atoms with Crippen LogP contribution in [0, 0.1) is 5.41 Å². The van der Waals surface area contributed by atoms with Gasteiger partial charge in [0.1, 0.15) is 50.0 Å². The van der Waals surface area contributed by atoms with E-state index in [1.807, 2.05) is 0 Å². The standard InChI is InChI=1S/C31H39N5O12P2/c1-19(37)15-20-16-28(40)47-25-17-21(7-8-22(20)25)44-13-14-45-30(42)24-6-4-12-35(24)29(41)23(34-50(49)46-18-32)5-2-3-11-33-31(43)48-36-26(38)9-10-27(36)39/h7-8,16-18,23-24,32,50H,2-6,9-15,49H2,1H3,(H,33,43)/t23-,24-/m0/s1. The molecule has 2 unspecified atom stereocenters. The number of nitrogens with one attached hydrogen (secondary N) is 2. The third-order valence-electron chi connectivity index (χ3n) is 7.75. The molecule has 50 heavy (non-hydrogen) atoms. The number of esters is 1. The molecular weight excluding hydrogens is 696 g/mol.